The van der Waals surface area contributed by atoms with Gasteiger partial charge in [0.15, 0.2) is 5.96 Å². The standard InChI is InChI=1S/C13H19N3O3.HI/c1-9(12(17)19-3)8-15-13(14)16-10-5-4-6-11(7-10)18-2;/h4-7,9H,8H2,1-3H3,(H3,14,15,16);1H. The van der Waals surface area contributed by atoms with E-state index in [1.54, 1.807) is 20.1 Å². The average Bonchev–Trinajstić information content (AvgIpc) is 2.44. The summed E-state index contributed by atoms with van der Waals surface area (Å²) in [5.74, 6) is 0.332. The molecule has 0 spiro atoms. The van der Waals surface area contributed by atoms with Crippen LogP contribution in [0.1, 0.15) is 6.92 Å². The van der Waals surface area contributed by atoms with Gasteiger partial charge < -0.3 is 20.5 Å². The van der Waals surface area contributed by atoms with Gasteiger partial charge in [-0.3, -0.25) is 9.79 Å². The summed E-state index contributed by atoms with van der Waals surface area (Å²) in [5.41, 5.74) is 6.50. The maximum Gasteiger partial charge on any atom is 0.310 e. The highest BCUT2D eigenvalue weighted by Gasteiger charge is 2.12. The Morgan fingerprint density at radius 1 is 1.45 bits per heavy atom. The molecule has 0 amide bonds. The molecule has 0 saturated heterocycles. The largest absolute Gasteiger partial charge is 0.497 e. The molecule has 6 nitrogen and oxygen atoms in total. The number of anilines is 1. The minimum Gasteiger partial charge on any atom is -0.497 e. The number of ether oxygens (including phenoxy) is 2. The number of hydrogen-bond donors (Lipinski definition) is 2. The maximum absolute atomic E-state index is 11.2. The summed E-state index contributed by atoms with van der Waals surface area (Å²) in [5, 5.41) is 2.92. The Hall–Kier alpha value is -1.51. The molecule has 1 aromatic carbocycles. The minimum atomic E-state index is -0.323. The highest BCUT2D eigenvalue weighted by atomic mass is 127. The predicted molar refractivity (Wildman–Crippen MR) is 89.7 cm³/mol. The molecule has 112 valence electrons. The summed E-state index contributed by atoms with van der Waals surface area (Å²) in [4.78, 5) is 15.3. The Morgan fingerprint density at radius 3 is 2.75 bits per heavy atom. The minimum absolute atomic E-state index is 0. The first kappa shape index (κ1) is 18.5. The van der Waals surface area contributed by atoms with Gasteiger partial charge in [-0.25, -0.2) is 0 Å². The van der Waals surface area contributed by atoms with Crippen LogP contribution in [0.3, 0.4) is 0 Å². The molecule has 0 aromatic heterocycles. The van der Waals surface area contributed by atoms with Crippen LogP contribution in [0.15, 0.2) is 29.3 Å². The Balaban J connectivity index is 0.00000361. The molecule has 3 N–H and O–H groups in total. The van der Waals surface area contributed by atoms with Gasteiger partial charge in [-0.2, -0.15) is 0 Å². The van der Waals surface area contributed by atoms with Crippen LogP contribution in [-0.4, -0.2) is 32.7 Å². The molecule has 0 aliphatic heterocycles. The van der Waals surface area contributed by atoms with Crippen LogP contribution in [0.4, 0.5) is 5.69 Å². The van der Waals surface area contributed by atoms with Crippen LogP contribution in [0, 0.1) is 5.92 Å². The fourth-order valence-electron chi connectivity index (χ4n) is 1.40. The van der Waals surface area contributed by atoms with Crippen molar-refractivity contribution in [3.8, 4) is 5.75 Å². The maximum atomic E-state index is 11.2. The smallest absolute Gasteiger partial charge is 0.310 e. The number of rotatable bonds is 5. The van der Waals surface area contributed by atoms with Crippen LogP contribution < -0.4 is 15.8 Å². The number of methoxy groups -OCH3 is 2. The van der Waals surface area contributed by atoms with E-state index in [1.165, 1.54) is 7.11 Å². The topological polar surface area (TPSA) is 85.9 Å². The summed E-state index contributed by atoms with van der Waals surface area (Å²) < 4.78 is 9.71. The van der Waals surface area contributed by atoms with Crippen molar-refractivity contribution < 1.29 is 14.3 Å². The van der Waals surface area contributed by atoms with E-state index in [-0.39, 0.29) is 48.4 Å². The zero-order chi connectivity index (χ0) is 14.3. The number of nitrogens with one attached hydrogen (secondary N) is 1. The number of esters is 1. The van der Waals surface area contributed by atoms with Crippen LogP contribution in [0.25, 0.3) is 0 Å². The molecule has 1 aromatic rings. The zero-order valence-electron chi connectivity index (χ0n) is 11.8. The molecule has 0 radical (unpaired) electrons. The van der Waals surface area contributed by atoms with Gasteiger partial charge in [0.2, 0.25) is 0 Å². The van der Waals surface area contributed by atoms with Crippen molar-refractivity contribution >= 4 is 41.6 Å². The molecule has 20 heavy (non-hydrogen) atoms. The van der Waals surface area contributed by atoms with Gasteiger partial charge in [0.25, 0.3) is 0 Å². The Morgan fingerprint density at radius 2 is 2.15 bits per heavy atom. The number of carbonyl (C=O) groups is 1. The molecular weight excluding hydrogens is 373 g/mol. The first-order chi connectivity index (χ1) is 9.06. The molecule has 1 rings (SSSR count). The molecule has 7 heteroatoms. The molecule has 0 aliphatic rings. The molecule has 0 heterocycles. The second-order valence-corrected chi connectivity index (χ2v) is 4.01. The van der Waals surface area contributed by atoms with E-state index in [0.717, 1.165) is 11.4 Å². The predicted octanol–water partition coefficient (Wildman–Crippen LogP) is 1.85. The number of nitrogens with zero attached hydrogens (tertiary/aromatic N) is 1. The number of guanidine groups is 1. The van der Waals surface area contributed by atoms with Crippen molar-refractivity contribution in [2.24, 2.45) is 16.6 Å². The van der Waals surface area contributed by atoms with Gasteiger partial charge in [0, 0.05) is 11.8 Å². The second kappa shape index (κ2) is 9.40. The van der Waals surface area contributed by atoms with E-state index < -0.39 is 0 Å². The van der Waals surface area contributed by atoms with Crippen molar-refractivity contribution in [1.29, 1.82) is 0 Å². The lowest BCUT2D eigenvalue weighted by atomic mass is 10.2. The second-order valence-electron chi connectivity index (χ2n) is 4.01. The van der Waals surface area contributed by atoms with Crippen molar-refractivity contribution in [3.05, 3.63) is 24.3 Å². The Kier molecular flexibility index (Phi) is 8.69. The SMILES string of the molecule is COC(=O)C(C)CN=C(N)Nc1cccc(OC)c1.I. The van der Waals surface area contributed by atoms with Gasteiger partial charge in [-0.15, -0.1) is 24.0 Å². The van der Waals surface area contributed by atoms with Crippen molar-refractivity contribution in [1.82, 2.24) is 0 Å². The molecule has 1 unspecified atom stereocenters. The molecular formula is C13H20IN3O3. The summed E-state index contributed by atoms with van der Waals surface area (Å²) in [7, 11) is 2.94. The van der Waals surface area contributed by atoms with E-state index in [4.69, 9.17) is 10.5 Å². The lowest BCUT2D eigenvalue weighted by Gasteiger charge is -2.09. The Bertz CT molecular complexity index is 466. The van der Waals surface area contributed by atoms with Crippen molar-refractivity contribution in [3.63, 3.8) is 0 Å². The van der Waals surface area contributed by atoms with E-state index in [9.17, 15) is 4.79 Å². The fourth-order valence-corrected chi connectivity index (χ4v) is 1.40. The zero-order valence-corrected chi connectivity index (χ0v) is 14.1. The van der Waals surface area contributed by atoms with E-state index in [1.807, 2.05) is 18.2 Å². The van der Waals surface area contributed by atoms with Gasteiger partial charge in [0.05, 0.1) is 26.7 Å². The highest BCUT2D eigenvalue weighted by molar-refractivity contribution is 14.0. The van der Waals surface area contributed by atoms with Gasteiger partial charge in [-0.05, 0) is 12.1 Å². The van der Waals surface area contributed by atoms with Crippen LogP contribution in [0.5, 0.6) is 5.75 Å². The van der Waals surface area contributed by atoms with Crippen LogP contribution >= 0.6 is 24.0 Å². The van der Waals surface area contributed by atoms with E-state index >= 15 is 0 Å². The lowest BCUT2D eigenvalue weighted by molar-refractivity contribution is -0.144. The number of halogens is 1. The van der Waals surface area contributed by atoms with Crippen molar-refractivity contribution in [2.75, 3.05) is 26.1 Å². The van der Waals surface area contributed by atoms with E-state index in [2.05, 4.69) is 15.0 Å². The Labute approximate surface area is 135 Å². The lowest BCUT2D eigenvalue weighted by Crippen LogP contribution is -2.25. The first-order valence-electron chi connectivity index (χ1n) is 5.85. The van der Waals surface area contributed by atoms with Crippen molar-refractivity contribution in [2.45, 2.75) is 6.92 Å². The third kappa shape index (κ3) is 6.09. The monoisotopic (exact) mass is 393 g/mol. The normalized spacial score (nSPS) is 12.1. The van der Waals surface area contributed by atoms with Gasteiger partial charge >= 0.3 is 5.97 Å². The fraction of sp³-hybridized carbons (Fsp3) is 0.385. The summed E-state index contributed by atoms with van der Waals surface area (Å²) >= 11 is 0. The number of nitrogens with two attached hydrogens (primary N) is 1. The average molecular weight is 393 g/mol. The molecule has 0 bridgehead atoms. The van der Waals surface area contributed by atoms with E-state index in [0.29, 0.717) is 0 Å². The van der Waals surface area contributed by atoms with Gasteiger partial charge in [0.1, 0.15) is 5.75 Å². The quantitative estimate of drug-likeness (QED) is 0.345. The third-order valence-corrected chi connectivity index (χ3v) is 2.48. The summed E-state index contributed by atoms with van der Waals surface area (Å²) in [6, 6.07) is 7.31. The summed E-state index contributed by atoms with van der Waals surface area (Å²) in [6.45, 7) is 2.00. The first-order valence-corrected chi connectivity index (χ1v) is 5.85. The molecule has 0 fully saturated rings. The van der Waals surface area contributed by atoms with Crippen LogP contribution in [-0.2, 0) is 9.53 Å². The molecule has 1 atom stereocenters. The highest BCUT2D eigenvalue weighted by Crippen LogP contribution is 2.16. The molecule has 0 aliphatic carbocycles. The van der Waals surface area contributed by atoms with Gasteiger partial charge in [-0.1, -0.05) is 13.0 Å². The van der Waals surface area contributed by atoms with Crippen LogP contribution in [0.2, 0.25) is 0 Å². The third-order valence-electron chi connectivity index (χ3n) is 2.48. The molecule has 0 saturated carbocycles. The number of hydrogen-bond acceptors (Lipinski definition) is 4. The summed E-state index contributed by atoms with van der Waals surface area (Å²) in [6.07, 6.45) is 0. The number of benzene rings is 1. The number of aliphatic imine (C=N–C) groups is 1. The number of carbonyl (C=O) groups excluding carboxylic acids is 1.